The molecule has 0 spiro atoms. The molecule has 0 atom stereocenters. The Balaban J connectivity index is 1.95. The zero-order chi connectivity index (χ0) is 18.4. The van der Waals surface area contributed by atoms with Crippen LogP contribution in [0.25, 0.3) is 0 Å². The highest BCUT2D eigenvalue weighted by Crippen LogP contribution is 2.18. The van der Waals surface area contributed by atoms with Crippen LogP contribution in [0.5, 0.6) is 0 Å². The number of nitrogens with zero attached hydrogens (tertiary/aromatic N) is 2. The smallest absolute Gasteiger partial charge is 0.343 e. The molecule has 0 bridgehead atoms. The van der Waals surface area contributed by atoms with Gasteiger partial charge in [-0.05, 0) is 44.0 Å². The fourth-order valence-electron chi connectivity index (χ4n) is 2.19. The summed E-state index contributed by atoms with van der Waals surface area (Å²) in [6.07, 6.45) is 1.31. The van der Waals surface area contributed by atoms with E-state index in [0.717, 1.165) is 28.6 Å². The van der Waals surface area contributed by atoms with Crippen molar-refractivity contribution >= 4 is 35.1 Å². The summed E-state index contributed by atoms with van der Waals surface area (Å²) >= 11 is 1.14. The van der Waals surface area contributed by atoms with E-state index in [-0.39, 0.29) is 29.6 Å². The molecule has 0 aliphatic heterocycles. The average molecular weight is 360 g/mol. The van der Waals surface area contributed by atoms with Gasteiger partial charge in [0.05, 0.1) is 12.4 Å². The summed E-state index contributed by atoms with van der Waals surface area (Å²) in [4.78, 5) is 31.8. The highest BCUT2D eigenvalue weighted by atomic mass is 32.2. The van der Waals surface area contributed by atoms with Gasteiger partial charge in [0.2, 0.25) is 5.91 Å². The lowest BCUT2D eigenvalue weighted by Gasteiger charge is -2.08. The average Bonchev–Trinajstić information content (AvgIpc) is 2.52. The van der Waals surface area contributed by atoms with Gasteiger partial charge in [0.25, 0.3) is 0 Å². The van der Waals surface area contributed by atoms with Crippen LogP contribution < -0.4 is 11.1 Å². The Hall–Kier alpha value is -2.61. The van der Waals surface area contributed by atoms with Crippen LogP contribution in [-0.4, -0.2) is 34.2 Å². The van der Waals surface area contributed by atoms with Crippen molar-refractivity contribution in [3.05, 3.63) is 41.1 Å². The zero-order valence-corrected chi connectivity index (χ0v) is 15.1. The van der Waals surface area contributed by atoms with E-state index >= 15 is 0 Å². The molecule has 2 aromatic rings. The summed E-state index contributed by atoms with van der Waals surface area (Å²) in [7, 11) is 0. The van der Waals surface area contributed by atoms with Crippen molar-refractivity contribution in [1.82, 2.24) is 9.97 Å². The van der Waals surface area contributed by atoms with Gasteiger partial charge in [-0.15, -0.1) is 0 Å². The number of hydrogen-bond donors (Lipinski definition) is 2. The monoisotopic (exact) mass is 360 g/mol. The number of aromatic nitrogens is 2. The minimum absolute atomic E-state index is 0.0330. The molecule has 1 aromatic heterocycles. The molecular weight excluding hydrogens is 340 g/mol. The summed E-state index contributed by atoms with van der Waals surface area (Å²) < 4.78 is 4.86. The molecule has 0 fully saturated rings. The third-order valence-electron chi connectivity index (χ3n) is 3.13. The molecular formula is C17H20N4O3S. The largest absolute Gasteiger partial charge is 0.462 e. The predicted molar refractivity (Wildman–Crippen MR) is 97.7 cm³/mol. The van der Waals surface area contributed by atoms with Crippen LogP contribution in [0.4, 0.5) is 11.5 Å². The normalized spacial score (nSPS) is 10.4. The number of nitrogens with one attached hydrogen (secondary N) is 1. The Morgan fingerprint density at radius 1 is 1.24 bits per heavy atom. The van der Waals surface area contributed by atoms with Gasteiger partial charge in [-0.2, -0.15) is 0 Å². The Kier molecular flexibility index (Phi) is 6.35. The molecule has 3 N–H and O–H groups in total. The number of thioether (sulfide) groups is 1. The van der Waals surface area contributed by atoms with Crippen LogP contribution in [0.15, 0.2) is 29.6 Å². The third kappa shape index (κ3) is 5.46. The standard InChI is InChI=1S/C17H20N4O3S/c1-4-24-16(23)13-8-19-17(21-15(13)18)25-9-14(22)20-12-6-10(2)5-11(3)7-12/h5-8H,4,9H2,1-3H3,(H,20,22)(H2,18,19,21). The van der Waals surface area contributed by atoms with E-state index in [1.807, 2.05) is 32.0 Å². The number of carbonyl (C=O) groups is 2. The highest BCUT2D eigenvalue weighted by Gasteiger charge is 2.14. The van der Waals surface area contributed by atoms with Crippen LogP contribution in [0.3, 0.4) is 0 Å². The van der Waals surface area contributed by atoms with Crippen molar-refractivity contribution in [2.45, 2.75) is 25.9 Å². The van der Waals surface area contributed by atoms with Crippen LogP contribution in [0.2, 0.25) is 0 Å². The van der Waals surface area contributed by atoms with Crippen molar-refractivity contribution in [2.75, 3.05) is 23.4 Å². The molecule has 132 valence electrons. The number of carbonyl (C=O) groups excluding carboxylic acids is 2. The Morgan fingerprint density at radius 3 is 2.52 bits per heavy atom. The molecule has 1 amide bonds. The maximum atomic E-state index is 12.1. The SMILES string of the molecule is CCOC(=O)c1cnc(SCC(=O)Nc2cc(C)cc(C)c2)nc1N. The number of nitrogens with two attached hydrogens (primary N) is 1. The molecule has 2 rings (SSSR count). The van der Waals surface area contributed by atoms with Crippen LogP contribution in [-0.2, 0) is 9.53 Å². The topological polar surface area (TPSA) is 107 Å². The lowest BCUT2D eigenvalue weighted by Crippen LogP contribution is -2.15. The molecule has 25 heavy (non-hydrogen) atoms. The van der Waals surface area contributed by atoms with Crippen molar-refractivity contribution in [1.29, 1.82) is 0 Å². The molecule has 0 unspecified atom stereocenters. The number of aryl methyl sites for hydroxylation is 2. The summed E-state index contributed by atoms with van der Waals surface area (Å²) in [6, 6.07) is 5.84. The predicted octanol–water partition coefficient (Wildman–Crippen LogP) is 2.58. The van der Waals surface area contributed by atoms with E-state index in [1.165, 1.54) is 6.20 Å². The first-order chi connectivity index (χ1) is 11.9. The second-order valence-corrected chi connectivity index (χ2v) is 6.33. The summed E-state index contributed by atoms with van der Waals surface area (Å²) in [6.45, 7) is 5.89. The molecule has 7 nitrogen and oxygen atoms in total. The molecule has 8 heteroatoms. The fourth-order valence-corrected chi connectivity index (χ4v) is 2.81. The van der Waals surface area contributed by atoms with Gasteiger partial charge < -0.3 is 15.8 Å². The maximum absolute atomic E-state index is 12.1. The van der Waals surface area contributed by atoms with Gasteiger partial charge in [0.15, 0.2) is 5.16 Å². The molecule has 1 heterocycles. The van der Waals surface area contributed by atoms with E-state index < -0.39 is 5.97 Å². The highest BCUT2D eigenvalue weighted by molar-refractivity contribution is 7.99. The Morgan fingerprint density at radius 2 is 1.92 bits per heavy atom. The second kappa shape index (κ2) is 8.48. The summed E-state index contributed by atoms with van der Waals surface area (Å²) in [5.74, 6) is -0.577. The van der Waals surface area contributed by atoms with E-state index in [2.05, 4.69) is 15.3 Å². The number of rotatable bonds is 6. The first kappa shape index (κ1) is 18.7. The molecule has 0 radical (unpaired) electrons. The van der Waals surface area contributed by atoms with E-state index in [4.69, 9.17) is 10.5 Å². The van der Waals surface area contributed by atoms with Crippen LogP contribution >= 0.6 is 11.8 Å². The number of esters is 1. The van der Waals surface area contributed by atoms with Crippen molar-refractivity contribution in [2.24, 2.45) is 0 Å². The first-order valence-electron chi connectivity index (χ1n) is 7.69. The molecule has 0 aliphatic carbocycles. The maximum Gasteiger partial charge on any atom is 0.343 e. The van der Waals surface area contributed by atoms with E-state index in [1.54, 1.807) is 6.92 Å². The van der Waals surface area contributed by atoms with Crippen LogP contribution in [0, 0.1) is 13.8 Å². The third-order valence-corrected chi connectivity index (χ3v) is 3.99. The molecule has 0 aliphatic rings. The van der Waals surface area contributed by atoms with Crippen LogP contribution in [0.1, 0.15) is 28.4 Å². The minimum Gasteiger partial charge on any atom is -0.462 e. The lowest BCUT2D eigenvalue weighted by molar-refractivity contribution is -0.113. The number of hydrogen-bond acceptors (Lipinski definition) is 7. The second-order valence-electron chi connectivity index (χ2n) is 5.39. The molecule has 0 saturated carbocycles. The summed E-state index contributed by atoms with van der Waals surface area (Å²) in [5.41, 5.74) is 8.77. The number of nitrogen functional groups attached to an aromatic ring is 1. The van der Waals surface area contributed by atoms with Gasteiger partial charge in [-0.3, -0.25) is 4.79 Å². The first-order valence-corrected chi connectivity index (χ1v) is 8.68. The van der Waals surface area contributed by atoms with Crippen molar-refractivity contribution < 1.29 is 14.3 Å². The van der Waals surface area contributed by atoms with E-state index in [9.17, 15) is 9.59 Å². The van der Waals surface area contributed by atoms with Gasteiger partial charge >= 0.3 is 5.97 Å². The van der Waals surface area contributed by atoms with Crippen molar-refractivity contribution in [3.8, 4) is 0 Å². The number of amides is 1. The lowest BCUT2D eigenvalue weighted by atomic mass is 10.1. The van der Waals surface area contributed by atoms with Gasteiger partial charge in [-0.1, -0.05) is 17.8 Å². The van der Waals surface area contributed by atoms with Gasteiger partial charge in [0.1, 0.15) is 11.4 Å². The van der Waals surface area contributed by atoms with E-state index in [0.29, 0.717) is 5.16 Å². The van der Waals surface area contributed by atoms with Crippen molar-refractivity contribution in [3.63, 3.8) is 0 Å². The number of ether oxygens (including phenoxy) is 1. The summed E-state index contributed by atoms with van der Waals surface area (Å²) in [5, 5.41) is 3.15. The zero-order valence-electron chi connectivity index (χ0n) is 14.3. The van der Waals surface area contributed by atoms with Gasteiger partial charge in [0, 0.05) is 11.9 Å². The molecule has 0 saturated heterocycles. The number of anilines is 2. The Labute approximate surface area is 150 Å². The Bertz CT molecular complexity index is 775. The fraction of sp³-hybridized carbons (Fsp3) is 0.294. The minimum atomic E-state index is -0.566. The van der Waals surface area contributed by atoms with Gasteiger partial charge in [-0.25, -0.2) is 14.8 Å². The quantitative estimate of drug-likeness (QED) is 0.463. The number of benzene rings is 1. The molecule has 1 aromatic carbocycles.